The average Bonchev–Trinajstić information content (AvgIpc) is 3.02. The van der Waals surface area contributed by atoms with E-state index in [-0.39, 0.29) is 24.3 Å². The van der Waals surface area contributed by atoms with E-state index >= 15 is 0 Å². The Balaban J connectivity index is 1.40. The van der Waals surface area contributed by atoms with Crippen LogP contribution in [0.2, 0.25) is 0 Å². The maximum absolute atomic E-state index is 12.9. The molecule has 0 saturated carbocycles. The number of phenols is 2. The van der Waals surface area contributed by atoms with Crippen molar-refractivity contribution in [2.45, 2.75) is 84.3 Å². The summed E-state index contributed by atoms with van der Waals surface area (Å²) in [5.74, 6) is 1.02. The van der Waals surface area contributed by atoms with Gasteiger partial charge in [0.25, 0.3) is 0 Å². The molecule has 4 rings (SSSR count). The highest BCUT2D eigenvalue weighted by Crippen LogP contribution is 2.47. The number of nitrogens with zero attached hydrogens (tertiary/aromatic N) is 1. The summed E-state index contributed by atoms with van der Waals surface area (Å²) in [6.45, 7) is 8.58. The van der Waals surface area contributed by atoms with Crippen LogP contribution >= 0.6 is 0 Å². The molecule has 0 radical (unpaired) electrons. The minimum atomic E-state index is -0.413. The standard InChI is InChI=1S/C39H48FNO5/c1-28-34-27-33(43)21-22-35(34)46-37(36(28)31-15-12-16-32(42)26-31)30-19-17-29(18-20-30)14-13-24-41(39(2,3)4)38(44)45-25-11-9-7-5-6-8-10-23-40/h12-22,26-27,37,42-43H,5-11,23-25H2,1-4H3/b14-13+. The van der Waals surface area contributed by atoms with Gasteiger partial charge in [-0.05, 0) is 93.1 Å². The van der Waals surface area contributed by atoms with E-state index in [1.807, 2.05) is 76.2 Å². The van der Waals surface area contributed by atoms with Crippen LogP contribution in [0, 0.1) is 0 Å². The van der Waals surface area contributed by atoms with Crippen molar-refractivity contribution in [3.8, 4) is 17.2 Å². The predicted molar refractivity (Wildman–Crippen MR) is 184 cm³/mol. The number of alkyl halides is 1. The van der Waals surface area contributed by atoms with Crippen LogP contribution in [0.25, 0.3) is 17.2 Å². The summed E-state index contributed by atoms with van der Waals surface area (Å²) in [5, 5.41) is 20.4. The normalized spacial score (nSPS) is 14.7. The molecule has 46 heavy (non-hydrogen) atoms. The van der Waals surface area contributed by atoms with Crippen LogP contribution in [0.1, 0.15) is 101 Å². The molecule has 0 fully saturated rings. The number of amides is 1. The molecule has 1 unspecified atom stereocenters. The maximum Gasteiger partial charge on any atom is 0.410 e. The Morgan fingerprint density at radius 2 is 1.59 bits per heavy atom. The van der Waals surface area contributed by atoms with Gasteiger partial charge in [-0.25, -0.2) is 4.79 Å². The first-order chi connectivity index (χ1) is 22.1. The molecule has 1 aliphatic rings. The first kappa shape index (κ1) is 34.6. The molecule has 3 aromatic carbocycles. The van der Waals surface area contributed by atoms with Crippen LogP contribution in [-0.2, 0) is 4.74 Å². The third-order valence-corrected chi connectivity index (χ3v) is 8.31. The first-order valence-electron chi connectivity index (χ1n) is 16.4. The molecule has 7 heteroatoms. The Morgan fingerprint density at radius 1 is 0.913 bits per heavy atom. The molecule has 6 nitrogen and oxygen atoms in total. The molecule has 0 aliphatic carbocycles. The van der Waals surface area contributed by atoms with E-state index < -0.39 is 11.6 Å². The summed E-state index contributed by atoms with van der Waals surface area (Å²) in [7, 11) is 0. The lowest BCUT2D eigenvalue weighted by Crippen LogP contribution is -2.46. The predicted octanol–water partition coefficient (Wildman–Crippen LogP) is 10.1. The zero-order valence-corrected chi connectivity index (χ0v) is 27.6. The smallest absolute Gasteiger partial charge is 0.410 e. The third-order valence-electron chi connectivity index (χ3n) is 8.31. The van der Waals surface area contributed by atoms with Crippen LogP contribution in [0.4, 0.5) is 9.18 Å². The van der Waals surface area contributed by atoms with Crippen molar-refractivity contribution in [3.05, 3.63) is 95.1 Å². The molecule has 1 aliphatic heterocycles. The van der Waals surface area contributed by atoms with Gasteiger partial charge in [-0.15, -0.1) is 0 Å². The number of rotatable bonds is 14. The number of phenolic OH excluding ortho intramolecular Hbond substituents is 2. The van der Waals surface area contributed by atoms with Crippen molar-refractivity contribution in [3.63, 3.8) is 0 Å². The van der Waals surface area contributed by atoms with Gasteiger partial charge in [0.15, 0.2) is 0 Å². The number of unbranched alkanes of at least 4 members (excludes halogenated alkanes) is 6. The fourth-order valence-electron chi connectivity index (χ4n) is 5.73. The average molecular weight is 630 g/mol. The maximum atomic E-state index is 12.9. The Morgan fingerprint density at radius 3 is 2.26 bits per heavy atom. The number of carbonyl (C=O) groups excluding carboxylic acids is 1. The zero-order valence-electron chi connectivity index (χ0n) is 27.6. The summed E-state index contributed by atoms with van der Waals surface area (Å²) >= 11 is 0. The van der Waals surface area contributed by atoms with Crippen molar-refractivity contribution < 1.29 is 28.9 Å². The van der Waals surface area contributed by atoms with Crippen LogP contribution in [-0.4, -0.2) is 46.6 Å². The van der Waals surface area contributed by atoms with E-state index in [0.717, 1.165) is 71.9 Å². The summed E-state index contributed by atoms with van der Waals surface area (Å²) in [5.41, 5.74) is 5.09. The van der Waals surface area contributed by atoms with Crippen LogP contribution in [0.15, 0.2) is 72.8 Å². The number of ether oxygens (including phenoxy) is 2. The minimum absolute atomic E-state index is 0.166. The summed E-state index contributed by atoms with van der Waals surface area (Å²) in [4.78, 5) is 14.7. The first-order valence-corrected chi connectivity index (χ1v) is 16.4. The summed E-state index contributed by atoms with van der Waals surface area (Å²) < 4.78 is 24.3. The monoisotopic (exact) mass is 629 g/mol. The largest absolute Gasteiger partial charge is 0.508 e. The number of hydrogen-bond acceptors (Lipinski definition) is 5. The van der Waals surface area contributed by atoms with Crippen LogP contribution in [0.3, 0.4) is 0 Å². The third kappa shape index (κ3) is 9.38. The molecule has 0 bridgehead atoms. The van der Waals surface area contributed by atoms with Crippen molar-refractivity contribution in [2.75, 3.05) is 19.8 Å². The second-order valence-electron chi connectivity index (χ2n) is 12.9. The highest BCUT2D eigenvalue weighted by atomic mass is 19.1. The van der Waals surface area contributed by atoms with Gasteiger partial charge in [-0.2, -0.15) is 0 Å². The van der Waals surface area contributed by atoms with E-state index in [0.29, 0.717) is 25.3 Å². The second kappa shape index (κ2) is 16.3. The number of allylic oxidation sites excluding steroid dienone is 1. The van der Waals surface area contributed by atoms with Crippen molar-refractivity contribution in [1.82, 2.24) is 4.90 Å². The van der Waals surface area contributed by atoms with Gasteiger partial charge in [0, 0.05) is 23.2 Å². The quantitative estimate of drug-likeness (QED) is 0.174. The number of halogens is 1. The van der Waals surface area contributed by atoms with E-state index in [1.54, 1.807) is 35.2 Å². The lowest BCUT2D eigenvalue weighted by molar-refractivity contribution is 0.0727. The van der Waals surface area contributed by atoms with Gasteiger partial charge in [0.2, 0.25) is 0 Å². The number of fused-ring (bicyclic) bond motifs is 1. The molecule has 1 atom stereocenters. The lowest BCUT2D eigenvalue weighted by atomic mass is 9.86. The van der Waals surface area contributed by atoms with E-state index in [1.165, 1.54) is 0 Å². The molecule has 3 aromatic rings. The highest BCUT2D eigenvalue weighted by Gasteiger charge is 2.30. The van der Waals surface area contributed by atoms with Gasteiger partial charge in [0.05, 0.1) is 13.3 Å². The number of benzene rings is 3. The number of carbonyl (C=O) groups is 1. The minimum Gasteiger partial charge on any atom is -0.508 e. The zero-order chi connectivity index (χ0) is 33.1. The second-order valence-corrected chi connectivity index (χ2v) is 12.9. The van der Waals surface area contributed by atoms with Gasteiger partial charge < -0.3 is 19.7 Å². The SMILES string of the molecule is CC1=C(c2cccc(O)c2)C(c2ccc(/C=C/CN(C(=O)OCCCCCCCCCF)C(C)(C)C)cc2)Oc2ccc(O)cc21. The lowest BCUT2D eigenvalue weighted by Gasteiger charge is -2.34. The molecule has 0 spiro atoms. The number of hydrogen-bond donors (Lipinski definition) is 2. The van der Waals surface area contributed by atoms with Crippen molar-refractivity contribution >= 4 is 23.3 Å². The summed E-state index contributed by atoms with van der Waals surface area (Å²) in [6.07, 6.45) is 9.89. The fraction of sp³-hybridized carbons (Fsp3) is 0.410. The van der Waals surface area contributed by atoms with Crippen molar-refractivity contribution in [1.29, 1.82) is 0 Å². The Kier molecular flexibility index (Phi) is 12.3. The molecule has 1 amide bonds. The van der Waals surface area contributed by atoms with Crippen molar-refractivity contribution in [2.24, 2.45) is 0 Å². The Labute approximate surface area is 273 Å². The van der Waals surface area contributed by atoms with E-state index in [9.17, 15) is 19.4 Å². The molecule has 0 saturated heterocycles. The van der Waals surface area contributed by atoms with Crippen LogP contribution in [0.5, 0.6) is 17.2 Å². The van der Waals surface area contributed by atoms with Gasteiger partial charge in [0.1, 0.15) is 23.4 Å². The Bertz CT molecular complexity index is 1510. The Hall–Kier alpha value is -4.26. The molecular formula is C39H48FNO5. The van der Waals surface area contributed by atoms with E-state index in [4.69, 9.17) is 9.47 Å². The van der Waals surface area contributed by atoms with Gasteiger partial charge >= 0.3 is 6.09 Å². The molecule has 2 N–H and O–H groups in total. The van der Waals surface area contributed by atoms with Crippen LogP contribution < -0.4 is 4.74 Å². The molecule has 0 aromatic heterocycles. The number of aromatic hydroxyl groups is 2. The van der Waals surface area contributed by atoms with E-state index in [2.05, 4.69) is 0 Å². The molecule has 246 valence electrons. The summed E-state index contributed by atoms with van der Waals surface area (Å²) in [6, 6.07) is 20.3. The molecular weight excluding hydrogens is 581 g/mol. The van der Waals surface area contributed by atoms with Gasteiger partial charge in [-0.1, -0.05) is 80.7 Å². The molecule has 1 heterocycles. The topological polar surface area (TPSA) is 79.2 Å². The fourth-order valence-corrected chi connectivity index (χ4v) is 5.73. The van der Waals surface area contributed by atoms with Gasteiger partial charge in [-0.3, -0.25) is 9.29 Å². The highest BCUT2D eigenvalue weighted by molar-refractivity contribution is 5.95.